The first-order valence-corrected chi connectivity index (χ1v) is 10.4. The molecule has 1 fully saturated rings. The minimum absolute atomic E-state index is 0.356. The van der Waals surface area contributed by atoms with E-state index in [4.69, 9.17) is 14.5 Å². The van der Waals surface area contributed by atoms with Crippen LogP contribution in [0.3, 0.4) is 0 Å². The zero-order chi connectivity index (χ0) is 19.6. The second-order valence-electron chi connectivity index (χ2n) is 7.09. The maximum Gasteiger partial charge on any atom is 0.193 e. The normalized spacial score (nSPS) is 16.1. The highest BCUT2D eigenvalue weighted by Gasteiger charge is 2.21. The quantitative estimate of drug-likeness (QED) is 0.407. The number of nitrogens with one attached hydrogen (secondary N) is 1. The molecular weight excluding hydrogens is 354 g/mol. The predicted octanol–water partition coefficient (Wildman–Crippen LogP) is 2.36. The number of piperidine rings is 1. The summed E-state index contributed by atoms with van der Waals surface area (Å²) in [6, 6.07) is 6.06. The van der Waals surface area contributed by atoms with E-state index in [-0.39, 0.29) is 0 Å². The number of aromatic nitrogens is 2. The second kappa shape index (κ2) is 11.0. The van der Waals surface area contributed by atoms with Gasteiger partial charge in [-0.1, -0.05) is 6.07 Å². The number of aliphatic imine (C=N–C) groups is 1. The Morgan fingerprint density at radius 2 is 2.14 bits per heavy atom. The van der Waals surface area contributed by atoms with Crippen molar-refractivity contribution in [1.82, 2.24) is 19.6 Å². The van der Waals surface area contributed by atoms with Crippen molar-refractivity contribution in [2.45, 2.75) is 38.7 Å². The largest absolute Gasteiger partial charge is 0.385 e. The summed E-state index contributed by atoms with van der Waals surface area (Å²) in [7, 11) is 1.73. The number of fused-ring (bicyclic) bond motifs is 1. The molecule has 1 saturated heterocycles. The van der Waals surface area contributed by atoms with Gasteiger partial charge in [0.25, 0.3) is 0 Å². The fraction of sp³-hybridized carbons (Fsp3) is 0.619. The van der Waals surface area contributed by atoms with Gasteiger partial charge in [0.2, 0.25) is 0 Å². The van der Waals surface area contributed by atoms with E-state index >= 15 is 0 Å². The Bertz CT molecular complexity index is 704. The van der Waals surface area contributed by atoms with Crippen LogP contribution in [0.4, 0.5) is 0 Å². The van der Waals surface area contributed by atoms with Crippen molar-refractivity contribution in [3.8, 4) is 0 Å². The number of ether oxygens (including phenoxy) is 2. The summed E-state index contributed by atoms with van der Waals surface area (Å²) < 4.78 is 13.1. The van der Waals surface area contributed by atoms with Crippen LogP contribution in [0.5, 0.6) is 0 Å². The molecule has 0 saturated carbocycles. The monoisotopic (exact) mass is 387 g/mol. The zero-order valence-corrected chi connectivity index (χ0v) is 17.1. The van der Waals surface area contributed by atoms with Crippen LogP contribution in [0, 0.1) is 0 Å². The Morgan fingerprint density at radius 1 is 1.29 bits per heavy atom. The lowest BCUT2D eigenvalue weighted by molar-refractivity contribution is 0.00991. The van der Waals surface area contributed by atoms with E-state index < -0.39 is 0 Å². The number of imidazole rings is 1. The van der Waals surface area contributed by atoms with Gasteiger partial charge in [0.15, 0.2) is 5.96 Å². The lowest BCUT2D eigenvalue weighted by Crippen LogP contribution is -2.47. The fourth-order valence-corrected chi connectivity index (χ4v) is 3.50. The number of methoxy groups -OCH3 is 1. The molecule has 154 valence electrons. The summed E-state index contributed by atoms with van der Waals surface area (Å²) >= 11 is 0. The van der Waals surface area contributed by atoms with E-state index in [1.54, 1.807) is 7.11 Å². The van der Waals surface area contributed by atoms with Gasteiger partial charge in [-0.3, -0.25) is 4.99 Å². The van der Waals surface area contributed by atoms with Crippen molar-refractivity contribution in [1.29, 1.82) is 0 Å². The van der Waals surface area contributed by atoms with Crippen LogP contribution in [-0.4, -0.2) is 72.9 Å². The second-order valence-corrected chi connectivity index (χ2v) is 7.09. The van der Waals surface area contributed by atoms with Gasteiger partial charge in [0.1, 0.15) is 5.65 Å². The average molecular weight is 388 g/mol. The lowest BCUT2D eigenvalue weighted by atomic mass is 10.1. The van der Waals surface area contributed by atoms with Gasteiger partial charge in [-0.25, -0.2) is 4.98 Å². The third-order valence-electron chi connectivity index (χ3n) is 4.97. The van der Waals surface area contributed by atoms with Crippen molar-refractivity contribution in [3.05, 3.63) is 36.3 Å². The first kappa shape index (κ1) is 20.6. The van der Waals surface area contributed by atoms with E-state index in [2.05, 4.69) is 32.7 Å². The van der Waals surface area contributed by atoms with Crippen LogP contribution in [0.25, 0.3) is 5.65 Å². The van der Waals surface area contributed by atoms with Crippen molar-refractivity contribution in [3.63, 3.8) is 0 Å². The molecule has 3 heterocycles. The molecular formula is C21H33N5O2. The summed E-state index contributed by atoms with van der Waals surface area (Å²) in [4.78, 5) is 11.8. The summed E-state index contributed by atoms with van der Waals surface area (Å²) in [5.74, 6) is 1.00. The Labute approximate surface area is 167 Å². The lowest BCUT2D eigenvalue weighted by Gasteiger charge is -2.34. The number of hydrogen-bond donors (Lipinski definition) is 1. The molecule has 3 rings (SSSR count). The van der Waals surface area contributed by atoms with Crippen LogP contribution in [0.2, 0.25) is 0 Å². The van der Waals surface area contributed by atoms with Gasteiger partial charge in [-0.2, -0.15) is 0 Å². The van der Waals surface area contributed by atoms with Crippen molar-refractivity contribution in [2.75, 3.05) is 46.5 Å². The summed E-state index contributed by atoms with van der Waals surface area (Å²) in [5, 5.41) is 3.43. The highest BCUT2D eigenvalue weighted by atomic mass is 16.5. The van der Waals surface area contributed by atoms with E-state index in [1.807, 2.05) is 24.4 Å². The molecule has 7 nitrogen and oxygen atoms in total. The third-order valence-corrected chi connectivity index (χ3v) is 4.97. The molecule has 0 spiro atoms. The van der Waals surface area contributed by atoms with Gasteiger partial charge >= 0.3 is 0 Å². The van der Waals surface area contributed by atoms with Crippen molar-refractivity contribution >= 4 is 11.6 Å². The topological polar surface area (TPSA) is 63.4 Å². The molecule has 0 amide bonds. The average Bonchev–Trinajstić information content (AvgIpc) is 3.14. The summed E-state index contributed by atoms with van der Waals surface area (Å²) in [5.41, 5.74) is 2.06. The molecule has 2 aromatic heterocycles. The number of likely N-dealkylation sites (tertiary alicyclic amines) is 1. The molecule has 1 aliphatic rings. The van der Waals surface area contributed by atoms with Crippen LogP contribution in [0.15, 0.2) is 35.6 Å². The van der Waals surface area contributed by atoms with Crippen LogP contribution in [0.1, 0.15) is 31.9 Å². The molecule has 0 radical (unpaired) electrons. The van der Waals surface area contributed by atoms with Gasteiger partial charge in [0, 0.05) is 65.3 Å². The number of nitrogens with zero attached hydrogens (tertiary/aromatic N) is 4. The molecule has 0 bridgehead atoms. The highest BCUT2D eigenvalue weighted by Crippen LogP contribution is 2.14. The molecule has 0 aliphatic carbocycles. The maximum atomic E-state index is 5.96. The SMILES string of the molecule is CCNC(=NCCc1cn2ccccc2n1)N1CCC(OCCCOC)CC1. The molecule has 7 heteroatoms. The Morgan fingerprint density at radius 3 is 2.89 bits per heavy atom. The maximum absolute atomic E-state index is 5.96. The summed E-state index contributed by atoms with van der Waals surface area (Å²) in [6.45, 7) is 7.24. The number of pyridine rings is 1. The van der Waals surface area contributed by atoms with Crippen LogP contribution < -0.4 is 5.32 Å². The predicted molar refractivity (Wildman–Crippen MR) is 112 cm³/mol. The molecule has 28 heavy (non-hydrogen) atoms. The molecule has 1 aliphatic heterocycles. The van der Waals surface area contributed by atoms with Crippen LogP contribution >= 0.6 is 0 Å². The van der Waals surface area contributed by atoms with E-state index in [9.17, 15) is 0 Å². The van der Waals surface area contributed by atoms with E-state index in [0.29, 0.717) is 6.10 Å². The fourth-order valence-electron chi connectivity index (χ4n) is 3.50. The highest BCUT2D eigenvalue weighted by molar-refractivity contribution is 5.80. The molecule has 0 atom stereocenters. The van der Waals surface area contributed by atoms with Crippen molar-refractivity contribution < 1.29 is 9.47 Å². The minimum atomic E-state index is 0.356. The van der Waals surface area contributed by atoms with E-state index in [0.717, 1.165) is 82.4 Å². The molecule has 0 unspecified atom stereocenters. The number of hydrogen-bond acceptors (Lipinski definition) is 4. The number of rotatable bonds is 9. The Kier molecular flexibility index (Phi) is 8.11. The number of guanidine groups is 1. The van der Waals surface area contributed by atoms with Gasteiger partial charge in [-0.05, 0) is 38.3 Å². The Hall–Kier alpha value is -2.12. The van der Waals surface area contributed by atoms with Gasteiger partial charge in [-0.15, -0.1) is 0 Å². The van der Waals surface area contributed by atoms with Gasteiger partial charge < -0.3 is 24.1 Å². The minimum Gasteiger partial charge on any atom is -0.385 e. The van der Waals surface area contributed by atoms with E-state index in [1.165, 1.54) is 0 Å². The summed E-state index contributed by atoms with van der Waals surface area (Å²) in [6.07, 6.45) is 8.37. The first-order chi connectivity index (χ1) is 13.8. The van der Waals surface area contributed by atoms with Gasteiger partial charge in [0.05, 0.1) is 11.8 Å². The third kappa shape index (κ3) is 5.94. The first-order valence-electron chi connectivity index (χ1n) is 10.4. The molecule has 0 aromatic carbocycles. The molecule has 1 N–H and O–H groups in total. The zero-order valence-electron chi connectivity index (χ0n) is 17.1. The standard InChI is InChI=1S/C21H33N5O2/c1-3-22-21(25-13-9-19(10-14-25)28-16-6-15-27-2)23-11-8-18-17-26-12-5-4-7-20(26)24-18/h4-5,7,12,17,19H,3,6,8-11,13-16H2,1-2H3,(H,22,23). The van der Waals surface area contributed by atoms with Crippen molar-refractivity contribution in [2.24, 2.45) is 4.99 Å². The van der Waals surface area contributed by atoms with Crippen LogP contribution in [-0.2, 0) is 15.9 Å². The molecule has 2 aromatic rings. The smallest absolute Gasteiger partial charge is 0.193 e. The Balaban J connectivity index is 1.47.